The van der Waals surface area contributed by atoms with Crippen molar-refractivity contribution < 1.29 is 17.9 Å². The minimum Gasteiger partial charge on any atom is -0.381 e. The summed E-state index contributed by atoms with van der Waals surface area (Å²) in [4.78, 5) is 0. The Bertz CT molecular complexity index is 405. The third-order valence-corrected chi connectivity index (χ3v) is 3.36. The van der Waals surface area contributed by atoms with Gasteiger partial charge in [0.05, 0.1) is 11.7 Å². The van der Waals surface area contributed by atoms with Crippen LogP contribution in [0.15, 0.2) is 24.3 Å². The number of hydrogen-bond acceptors (Lipinski definition) is 2. The van der Waals surface area contributed by atoms with Crippen molar-refractivity contribution in [1.29, 1.82) is 0 Å². The van der Waals surface area contributed by atoms with E-state index in [4.69, 9.17) is 4.74 Å². The van der Waals surface area contributed by atoms with Crippen LogP contribution in [0.2, 0.25) is 0 Å². The van der Waals surface area contributed by atoms with Crippen LogP contribution in [0.3, 0.4) is 0 Å². The molecule has 0 amide bonds. The second-order valence-corrected chi connectivity index (χ2v) is 4.50. The van der Waals surface area contributed by atoms with Gasteiger partial charge in [-0.1, -0.05) is 18.2 Å². The molecule has 1 aromatic carbocycles. The van der Waals surface area contributed by atoms with Crippen molar-refractivity contribution in [3.05, 3.63) is 35.4 Å². The third-order valence-electron chi connectivity index (χ3n) is 3.36. The van der Waals surface area contributed by atoms with Gasteiger partial charge in [-0.25, -0.2) is 0 Å². The van der Waals surface area contributed by atoms with Gasteiger partial charge in [0.15, 0.2) is 0 Å². The molecule has 1 saturated heterocycles. The molecule has 2 atom stereocenters. The van der Waals surface area contributed by atoms with Crippen molar-refractivity contribution in [2.24, 2.45) is 0 Å². The van der Waals surface area contributed by atoms with Gasteiger partial charge in [-0.05, 0) is 24.6 Å². The number of halogens is 3. The lowest BCUT2D eigenvalue weighted by molar-refractivity contribution is -0.137. The van der Waals surface area contributed by atoms with Crippen LogP contribution in [-0.2, 0) is 10.9 Å². The van der Waals surface area contributed by atoms with Crippen molar-refractivity contribution in [3.8, 4) is 0 Å². The number of benzene rings is 1. The molecule has 0 bridgehead atoms. The molecule has 0 radical (unpaired) electrons. The molecule has 0 spiro atoms. The lowest BCUT2D eigenvalue weighted by Gasteiger charge is -2.31. The van der Waals surface area contributed by atoms with E-state index in [0.717, 1.165) is 19.0 Å². The largest absolute Gasteiger partial charge is 0.416 e. The molecule has 1 aliphatic rings. The molecule has 5 heteroatoms. The average molecular weight is 259 g/mol. The number of hydrogen-bond donors (Lipinski definition) is 1. The molecule has 1 N–H and O–H groups in total. The Kier molecular flexibility index (Phi) is 3.92. The first kappa shape index (κ1) is 13.4. The first-order valence-electron chi connectivity index (χ1n) is 5.93. The van der Waals surface area contributed by atoms with Gasteiger partial charge in [-0.15, -0.1) is 0 Å². The van der Waals surface area contributed by atoms with E-state index in [-0.39, 0.29) is 12.0 Å². The van der Waals surface area contributed by atoms with Crippen LogP contribution >= 0.6 is 0 Å². The Morgan fingerprint density at radius 1 is 1.33 bits per heavy atom. The molecule has 1 aromatic rings. The maximum Gasteiger partial charge on any atom is 0.416 e. The molecule has 0 saturated carbocycles. The van der Waals surface area contributed by atoms with E-state index < -0.39 is 11.7 Å². The van der Waals surface area contributed by atoms with Crippen molar-refractivity contribution >= 4 is 0 Å². The summed E-state index contributed by atoms with van der Waals surface area (Å²) < 4.78 is 43.4. The summed E-state index contributed by atoms with van der Waals surface area (Å²) in [6.45, 7) is 1.49. The van der Waals surface area contributed by atoms with E-state index in [1.807, 2.05) is 0 Å². The van der Waals surface area contributed by atoms with Gasteiger partial charge in [0.1, 0.15) is 0 Å². The monoisotopic (exact) mass is 259 g/mol. The number of ether oxygens (including phenoxy) is 1. The molecule has 2 nitrogen and oxygen atoms in total. The number of piperidine rings is 1. The summed E-state index contributed by atoms with van der Waals surface area (Å²) in [5.74, 6) is -0.0222. The standard InChI is InChI=1S/C13H16F3NO/c1-18-12-5-6-17-8-11(12)9-3-2-4-10(7-9)13(14,15)16/h2-4,7,11-12,17H,5-6,8H2,1H3. The van der Waals surface area contributed by atoms with Crippen LogP contribution in [-0.4, -0.2) is 26.3 Å². The first-order chi connectivity index (χ1) is 8.52. The van der Waals surface area contributed by atoms with Gasteiger partial charge < -0.3 is 10.1 Å². The van der Waals surface area contributed by atoms with Crippen molar-refractivity contribution in [3.63, 3.8) is 0 Å². The van der Waals surface area contributed by atoms with Crippen molar-refractivity contribution in [1.82, 2.24) is 5.32 Å². The molecule has 1 heterocycles. The van der Waals surface area contributed by atoms with Crippen LogP contribution < -0.4 is 5.32 Å². The first-order valence-corrected chi connectivity index (χ1v) is 5.93. The maximum absolute atomic E-state index is 12.7. The van der Waals surface area contributed by atoms with Gasteiger partial charge in [-0.3, -0.25) is 0 Å². The van der Waals surface area contributed by atoms with Gasteiger partial charge in [0, 0.05) is 19.6 Å². The van der Waals surface area contributed by atoms with E-state index in [1.165, 1.54) is 12.1 Å². The van der Waals surface area contributed by atoms with E-state index in [1.54, 1.807) is 13.2 Å². The lowest BCUT2D eigenvalue weighted by Crippen LogP contribution is -2.39. The number of methoxy groups -OCH3 is 1. The average Bonchev–Trinajstić information content (AvgIpc) is 2.38. The summed E-state index contributed by atoms with van der Waals surface area (Å²) in [6, 6.07) is 5.52. The summed E-state index contributed by atoms with van der Waals surface area (Å²) in [7, 11) is 1.61. The highest BCUT2D eigenvalue weighted by molar-refractivity contribution is 5.29. The highest BCUT2D eigenvalue weighted by Gasteiger charge is 2.32. The van der Waals surface area contributed by atoms with Crippen LogP contribution in [0.5, 0.6) is 0 Å². The Morgan fingerprint density at radius 2 is 2.11 bits per heavy atom. The van der Waals surface area contributed by atoms with Crippen LogP contribution in [0.1, 0.15) is 23.5 Å². The lowest BCUT2D eigenvalue weighted by atomic mass is 9.88. The van der Waals surface area contributed by atoms with Crippen LogP contribution in [0, 0.1) is 0 Å². The summed E-state index contributed by atoms with van der Waals surface area (Å²) in [5.41, 5.74) is 0.0873. The zero-order valence-electron chi connectivity index (χ0n) is 10.1. The molecule has 18 heavy (non-hydrogen) atoms. The number of alkyl halides is 3. The van der Waals surface area contributed by atoms with Crippen LogP contribution in [0.4, 0.5) is 13.2 Å². The second-order valence-electron chi connectivity index (χ2n) is 4.50. The Labute approximate surface area is 104 Å². The minimum absolute atomic E-state index is 0.0188. The minimum atomic E-state index is -4.29. The fourth-order valence-corrected chi connectivity index (χ4v) is 2.39. The Balaban J connectivity index is 2.27. The molecule has 100 valence electrons. The summed E-state index contributed by atoms with van der Waals surface area (Å²) >= 11 is 0. The van der Waals surface area contributed by atoms with E-state index >= 15 is 0 Å². The zero-order chi connectivity index (χ0) is 13.2. The van der Waals surface area contributed by atoms with E-state index in [2.05, 4.69) is 5.32 Å². The van der Waals surface area contributed by atoms with Gasteiger partial charge in [-0.2, -0.15) is 13.2 Å². The fraction of sp³-hybridized carbons (Fsp3) is 0.538. The van der Waals surface area contributed by atoms with E-state index in [9.17, 15) is 13.2 Å². The summed E-state index contributed by atoms with van der Waals surface area (Å²) in [6.07, 6.45) is -3.49. The molecular formula is C13H16F3NO. The molecule has 1 aliphatic heterocycles. The van der Waals surface area contributed by atoms with Crippen molar-refractivity contribution in [2.45, 2.75) is 24.6 Å². The SMILES string of the molecule is COC1CCNCC1c1cccc(C(F)(F)F)c1. The predicted molar refractivity (Wildman–Crippen MR) is 62.5 cm³/mol. The molecule has 0 aliphatic carbocycles. The highest BCUT2D eigenvalue weighted by Crippen LogP contribution is 2.33. The molecule has 1 fully saturated rings. The topological polar surface area (TPSA) is 21.3 Å². The predicted octanol–water partition coefficient (Wildman–Crippen LogP) is 2.80. The molecule has 2 rings (SSSR count). The Hall–Kier alpha value is -1.07. The summed E-state index contributed by atoms with van der Waals surface area (Å²) in [5, 5.41) is 3.19. The zero-order valence-corrected chi connectivity index (χ0v) is 10.1. The Morgan fingerprint density at radius 3 is 2.78 bits per heavy atom. The third kappa shape index (κ3) is 2.84. The number of rotatable bonds is 2. The van der Waals surface area contributed by atoms with Gasteiger partial charge in [0.2, 0.25) is 0 Å². The van der Waals surface area contributed by atoms with Gasteiger partial charge >= 0.3 is 6.18 Å². The van der Waals surface area contributed by atoms with E-state index in [0.29, 0.717) is 12.1 Å². The smallest absolute Gasteiger partial charge is 0.381 e. The molecular weight excluding hydrogens is 243 g/mol. The maximum atomic E-state index is 12.7. The number of nitrogens with one attached hydrogen (secondary N) is 1. The molecule has 0 aromatic heterocycles. The fourth-order valence-electron chi connectivity index (χ4n) is 2.39. The van der Waals surface area contributed by atoms with Crippen LogP contribution in [0.25, 0.3) is 0 Å². The quantitative estimate of drug-likeness (QED) is 0.881. The molecule has 2 unspecified atom stereocenters. The van der Waals surface area contributed by atoms with Gasteiger partial charge in [0.25, 0.3) is 0 Å². The second kappa shape index (κ2) is 5.28. The van der Waals surface area contributed by atoms with Crippen molar-refractivity contribution in [2.75, 3.05) is 20.2 Å². The highest BCUT2D eigenvalue weighted by atomic mass is 19.4. The normalized spacial score (nSPS) is 25.1.